The van der Waals surface area contributed by atoms with Crippen LogP contribution in [0.15, 0.2) is 24.3 Å². The number of carbonyl (C=O) groups is 1. The minimum absolute atomic E-state index is 0. The van der Waals surface area contributed by atoms with Crippen molar-refractivity contribution in [1.82, 2.24) is 4.90 Å². The highest BCUT2D eigenvalue weighted by Gasteiger charge is 2.40. The zero-order chi connectivity index (χ0) is 15.5. The number of benzene rings is 1. The Bertz CT molecular complexity index is 538. The van der Waals surface area contributed by atoms with Crippen molar-refractivity contribution in [2.75, 3.05) is 19.7 Å². The average Bonchev–Trinajstić information content (AvgIpc) is 2.98. The van der Waals surface area contributed by atoms with Crippen LogP contribution < -0.4 is 10.5 Å². The Morgan fingerprint density at radius 2 is 2.17 bits per heavy atom. The molecule has 2 N–H and O–H groups in total. The third kappa shape index (κ3) is 3.99. The molecule has 2 fully saturated rings. The number of likely N-dealkylation sites (tertiary alicyclic amines) is 1. The number of ether oxygens (including phenoxy) is 1. The number of fused-ring (bicyclic) bond motifs is 1. The number of nitrogens with zero attached hydrogens (tertiary/aromatic N) is 1. The molecule has 0 aromatic heterocycles. The molecule has 128 valence electrons. The van der Waals surface area contributed by atoms with Crippen LogP contribution in [0.5, 0.6) is 5.75 Å². The number of carbonyl (C=O) groups excluding carboxylic acids is 1. The molecule has 1 aliphatic carbocycles. The first kappa shape index (κ1) is 18.1. The molecule has 5 heteroatoms. The maximum absolute atomic E-state index is 12.8. The van der Waals surface area contributed by atoms with Crippen molar-refractivity contribution in [3.8, 4) is 5.75 Å². The Balaban J connectivity index is 0.00000192. The van der Waals surface area contributed by atoms with Crippen LogP contribution in [0.3, 0.4) is 0 Å². The van der Waals surface area contributed by atoms with Gasteiger partial charge in [-0.1, -0.05) is 19.4 Å². The van der Waals surface area contributed by atoms with Crippen molar-refractivity contribution >= 4 is 18.3 Å². The van der Waals surface area contributed by atoms with Crippen LogP contribution in [0.1, 0.15) is 43.0 Å². The van der Waals surface area contributed by atoms with Gasteiger partial charge >= 0.3 is 0 Å². The molecule has 2 aliphatic rings. The lowest BCUT2D eigenvalue weighted by Crippen LogP contribution is -2.38. The second-order valence-electron chi connectivity index (χ2n) is 6.61. The Kier molecular flexibility index (Phi) is 6.31. The lowest BCUT2D eigenvalue weighted by atomic mass is 9.78. The molecule has 0 spiro atoms. The van der Waals surface area contributed by atoms with Gasteiger partial charge in [-0.05, 0) is 49.3 Å². The molecule has 3 atom stereocenters. The molecule has 3 unspecified atom stereocenters. The number of halogens is 1. The van der Waals surface area contributed by atoms with Crippen LogP contribution in [0.25, 0.3) is 0 Å². The van der Waals surface area contributed by atoms with Crippen LogP contribution in [-0.2, 0) is 0 Å². The van der Waals surface area contributed by atoms with E-state index >= 15 is 0 Å². The van der Waals surface area contributed by atoms with E-state index in [1.807, 2.05) is 29.2 Å². The summed E-state index contributed by atoms with van der Waals surface area (Å²) in [6.45, 7) is 4.42. The summed E-state index contributed by atoms with van der Waals surface area (Å²) in [6.07, 6.45) is 4.47. The van der Waals surface area contributed by atoms with Gasteiger partial charge in [-0.15, -0.1) is 12.4 Å². The standard InChI is InChI=1S/C18H26N2O2.ClH/c1-2-9-22-15-7-3-5-13(10-15)18(21)20-11-14-6-4-8-17(19)16(14)12-20;/h3,5,7,10,14,16-17H,2,4,6,8-9,11-12,19H2,1H3;1H. The van der Waals surface area contributed by atoms with E-state index in [2.05, 4.69) is 6.92 Å². The normalized spacial score (nSPS) is 26.3. The second kappa shape index (κ2) is 8.02. The van der Waals surface area contributed by atoms with E-state index in [-0.39, 0.29) is 24.4 Å². The summed E-state index contributed by atoms with van der Waals surface area (Å²) in [5.41, 5.74) is 6.96. The summed E-state index contributed by atoms with van der Waals surface area (Å²) >= 11 is 0. The van der Waals surface area contributed by atoms with E-state index in [4.69, 9.17) is 10.5 Å². The van der Waals surface area contributed by atoms with Gasteiger partial charge in [-0.2, -0.15) is 0 Å². The molecular formula is C18H27ClN2O2. The Labute approximate surface area is 144 Å². The predicted molar refractivity (Wildman–Crippen MR) is 94.2 cm³/mol. The van der Waals surface area contributed by atoms with E-state index in [9.17, 15) is 4.79 Å². The van der Waals surface area contributed by atoms with Crippen LogP contribution >= 0.6 is 12.4 Å². The fourth-order valence-corrected chi connectivity index (χ4v) is 3.80. The van der Waals surface area contributed by atoms with E-state index in [1.165, 1.54) is 12.8 Å². The molecule has 3 rings (SSSR count). The van der Waals surface area contributed by atoms with E-state index in [1.54, 1.807) is 0 Å². The summed E-state index contributed by atoms with van der Waals surface area (Å²) in [4.78, 5) is 14.7. The SMILES string of the molecule is CCCOc1cccc(C(=O)N2CC3CCCC(N)C3C2)c1.Cl. The molecule has 1 saturated carbocycles. The summed E-state index contributed by atoms with van der Waals surface area (Å²) < 4.78 is 5.63. The molecule has 1 saturated heterocycles. The maximum atomic E-state index is 12.8. The predicted octanol–water partition coefficient (Wildman–Crippen LogP) is 3.10. The molecular weight excluding hydrogens is 312 g/mol. The lowest BCUT2D eigenvalue weighted by molar-refractivity contribution is 0.0783. The minimum atomic E-state index is 0. The third-order valence-electron chi connectivity index (χ3n) is 4.99. The number of hydrogen-bond donors (Lipinski definition) is 1. The van der Waals surface area contributed by atoms with E-state index < -0.39 is 0 Å². The first-order valence-electron chi connectivity index (χ1n) is 8.46. The lowest BCUT2D eigenvalue weighted by Gasteiger charge is -2.29. The quantitative estimate of drug-likeness (QED) is 0.917. The topological polar surface area (TPSA) is 55.6 Å². The largest absolute Gasteiger partial charge is 0.494 e. The Hall–Kier alpha value is -1.26. The molecule has 1 heterocycles. The zero-order valence-electron chi connectivity index (χ0n) is 13.7. The maximum Gasteiger partial charge on any atom is 0.254 e. The van der Waals surface area contributed by atoms with Gasteiger partial charge in [0, 0.05) is 24.7 Å². The summed E-state index contributed by atoms with van der Waals surface area (Å²) in [5, 5.41) is 0. The number of hydrogen-bond acceptors (Lipinski definition) is 3. The van der Waals surface area contributed by atoms with Crippen LogP contribution in [-0.4, -0.2) is 36.5 Å². The van der Waals surface area contributed by atoms with Crippen LogP contribution in [0.2, 0.25) is 0 Å². The van der Waals surface area contributed by atoms with Crippen LogP contribution in [0.4, 0.5) is 0 Å². The van der Waals surface area contributed by atoms with Gasteiger partial charge in [0.2, 0.25) is 0 Å². The summed E-state index contributed by atoms with van der Waals surface area (Å²) in [7, 11) is 0. The van der Waals surface area contributed by atoms with Gasteiger partial charge in [-0.25, -0.2) is 0 Å². The van der Waals surface area contributed by atoms with Crippen molar-refractivity contribution < 1.29 is 9.53 Å². The molecule has 1 aromatic rings. The van der Waals surface area contributed by atoms with Crippen molar-refractivity contribution in [3.05, 3.63) is 29.8 Å². The van der Waals surface area contributed by atoms with E-state index in [0.29, 0.717) is 18.4 Å². The smallest absolute Gasteiger partial charge is 0.254 e. The highest BCUT2D eigenvalue weighted by Crippen LogP contribution is 2.36. The second-order valence-corrected chi connectivity index (χ2v) is 6.61. The summed E-state index contributed by atoms with van der Waals surface area (Å²) in [6, 6.07) is 7.80. The first-order valence-corrected chi connectivity index (χ1v) is 8.46. The van der Waals surface area contributed by atoms with Crippen molar-refractivity contribution in [1.29, 1.82) is 0 Å². The first-order chi connectivity index (χ1) is 10.7. The number of nitrogens with two attached hydrogens (primary N) is 1. The molecule has 1 amide bonds. The van der Waals surface area contributed by atoms with Gasteiger partial charge in [0.15, 0.2) is 0 Å². The summed E-state index contributed by atoms with van der Waals surface area (Å²) in [5.74, 6) is 1.97. The number of rotatable bonds is 4. The molecule has 0 radical (unpaired) electrons. The fraction of sp³-hybridized carbons (Fsp3) is 0.611. The third-order valence-corrected chi connectivity index (χ3v) is 4.99. The fourth-order valence-electron chi connectivity index (χ4n) is 3.80. The molecule has 23 heavy (non-hydrogen) atoms. The van der Waals surface area contributed by atoms with Crippen molar-refractivity contribution in [2.45, 2.75) is 38.6 Å². The molecule has 4 nitrogen and oxygen atoms in total. The molecule has 1 aromatic carbocycles. The van der Waals surface area contributed by atoms with Gasteiger partial charge in [0.05, 0.1) is 6.61 Å². The monoisotopic (exact) mass is 338 g/mol. The van der Waals surface area contributed by atoms with Crippen molar-refractivity contribution in [2.24, 2.45) is 17.6 Å². The average molecular weight is 339 g/mol. The van der Waals surface area contributed by atoms with Gasteiger partial charge < -0.3 is 15.4 Å². The highest BCUT2D eigenvalue weighted by molar-refractivity contribution is 5.94. The molecule has 0 bridgehead atoms. The van der Waals surface area contributed by atoms with Crippen LogP contribution in [0, 0.1) is 11.8 Å². The Morgan fingerprint density at radius 1 is 1.35 bits per heavy atom. The zero-order valence-corrected chi connectivity index (χ0v) is 14.6. The number of amides is 1. The van der Waals surface area contributed by atoms with Crippen molar-refractivity contribution in [3.63, 3.8) is 0 Å². The highest BCUT2D eigenvalue weighted by atomic mass is 35.5. The van der Waals surface area contributed by atoms with Gasteiger partial charge in [-0.3, -0.25) is 4.79 Å². The Morgan fingerprint density at radius 3 is 2.91 bits per heavy atom. The van der Waals surface area contributed by atoms with Gasteiger partial charge in [0.25, 0.3) is 5.91 Å². The van der Waals surface area contributed by atoms with Gasteiger partial charge in [0.1, 0.15) is 5.75 Å². The minimum Gasteiger partial charge on any atom is -0.494 e. The molecule has 1 aliphatic heterocycles. The van der Waals surface area contributed by atoms with E-state index in [0.717, 1.165) is 37.2 Å².